The van der Waals surface area contributed by atoms with Crippen LogP contribution in [0.3, 0.4) is 0 Å². The van der Waals surface area contributed by atoms with Gasteiger partial charge in [0.25, 0.3) is 0 Å². The van der Waals surface area contributed by atoms with Crippen molar-refractivity contribution in [1.29, 1.82) is 0 Å². The summed E-state index contributed by atoms with van der Waals surface area (Å²) >= 11 is 0. The molecule has 0 amide bonds. The fraction of sp³-hybridized carbons (Fsp3) is 0.167. The number of hydrogen-bond donors (Lipinski definition) is 1. The van der Waals surface area contributed by atoms with E-state index < -0.39 is 6.10 Å². The summed E-state index contributed by atoms with van der Waals surface area (Å²) in [5.74, 6) is 1.66. The average molecular weight is 295 g/mol. The lowest BCUT2D eigenvalue weighted by atomic mass is 10.2. The van der Waals surface area contributed by atoms with E-state index in [4.69, 9.17) is 9.47 Å². The van der Waals surface area contributed by atoms with E-state index in [1.54, 1.807) is 13.0 Å². The normalized spacial score (nSPS) is 12.1. The molecule has 0 radical (unpaired) electrons. The van der Waals surface area contributed by atoms with Crippen LogP contribution in [-0.4, -0.2) is 22.8 Å². The van der Waals surface area contributed by atoms with Crippen molar-refractivity contribution in [3.63, 3.8) is 0 Å². The van der Waals surface area contributed by atoms with Gasteiger partial charge < -0.3 is 14.6 Å². The zero-order valence-corrected chi connectivity index (χ0v) is 12.3. The number of nitrogens with zero attached hydrogens (tertiary/aromatic N) is 1. The van der Waals surface area contributed by atoms with E-state index in [1.165, 1.54) is 0 Å². The smallest absolute Gasteiger partial charge is 0.219 e. The third kappa shape index (κ3) is 3.35. The average Bonchev–Trinajstić information content (AvgIpc) is 2.54. The Morgan fingerprint density at radius 3 is 2.50 bits per heavy atom. The first-order valence-corrected chi connectivity index (χ1v) is 7.16. The minimum absolute atomic E-state index is 0.214. The Balaban J connectivity index is 1.85. The van der Waals surface area contributed by atoms with Crippen LogP contribution in [0.1, 0.15) is 6.92 Å². The van der Waals surface area contributed by atoms with Crippen LogP contribution in [0.2, 0.25) is 0 Å². The third-order valence-corrected chi connectivity index (χ3v) is 3.12. The molecule has 1 heterocycles. The van der Waals surface area contributed by atoms with Gasteiger partial charge in [-0.2, -0.15) is 0 Å². The first kappa shape index (κ1) is 14.4. The van der Waals surface area contributed by atoms with Gasteiger partial charge in [0.05, 0.1) is 11.6 Å². The Morgan fingerprint density at radius 1 is 0.955 bits per heavy atom. The maximum absolute atomic E-state index is 9.33. The van der Waals surface area contributed by atoms with Crippen molar-refractivity contribution in [3.05, 3.63) is 60.7 Å². The van der Waals surface area contributed by atoms with Crippen molar-refractivity contribution in [2.75, 3.05) is 6.61 Å². The second-order valence-corrected chi connectivity index (χ2v) is 5.05. The highest BCUT2D eigenvalue weighted by molar-refractivity contribution is 5.78. The molecule has 1 unspecified atom stereocenters. The number of para-hydroxylation sites is 3. The fourth-order valence-electron chi connectivity index (χ4n) is 2.08. The molecule has 1 aromatic heterocycles. The van der Waals surface area contributed by atoms with Crippen molar-refractivity contribution in [3.8, 4) is 17.4 Å². The summed E-state index contributed by atoms with van der Waals surface area (Å²) in [5.41, 5.74) is 0.877. The largest absolute Gasteiger partial charge is 0.487 e. The number of fused-ring (bicyclic) bond motifs is 1. The molecule has 0 saturated heterocycles. The molecule has 112 valence electrons. The SMILES string of the molecule is CC(O)COc1ccccc1Oc1ccc2ccccc2n1. The molecule has 1 atom stereocenters. The lowest BCUT2D eigenvalue weighted by Crippen LogP contribution is -2.13. The summed E-state index contributed by atoms with van der Waals surface area (Å²) in [4.78, 5) is 4.48. The predicted molar refractivity (Wildman–Crippen MR) is 85.4 cm³/mol. The predicted octanol–water partition coefficient (Wildman–Crippen LogP) is 3.79. The van der Waals surface area contributed by atoms with Crippen molar-refractivity contribution in [2.45, 2.75) is 13.0 Å². The maximum atomic E-state index is 9.33. The molecule has 0 aliphatic rings. The molecule has 0 aliphatic heterocycles. The molecule has 0 spiro atoms. The van der Waals surface area contributed by atoms with Gasteiger partial charge >= 0.3 is 0 Å². The van der Waals surface area contributed by atoms with Crippen LogP contribution in [-0.2, 0) is 0 Å². The Morgan fingerprint density at radius 2 is 1.68 bits per heavy atom. The molecule has 4 nitrogen and oxygen atoms in total. The standard InChI is InChI=1S/C18H17NO3/c1-13(20)12-21-16-8-4-5-9-17(16)22-18-11-10-14-6-2-3-7-15(14)19-18/h2-11,13,20H,12H2,1H3. The van der Waals surface area contributed by atoms with Gasteiger partial charge in [-0.25, -0.2) is 4.98 Å². The number of aromatic nitrogens is 1. The zero-order chi connectivity index (χ0) is 15.4. The summed E-state index contributed by atoms with van der Waals surface area (Å²) in [6.07, 6.45) is -0.535. The van der Waals surface area contributed by atoms with Gasteiger partial charge in [0, 0.05) is 11.5 Å². The van der Waals surface area contributed by atoms with Gasteiger partial charge in [-0.3, -0.25) is 0 Å². The van der Waals surface area contributed by atoms with Gasteiger partial charge in [0.15, 0.2) is 11.5 Å². The summed E-state index contributed by atoms with van der Waals surface area (Å²) in [5, 5.41) is 10.4. The van der Waals surface area contributed by atoms with E-state index in [1.807, 2.05) is 54.6 Å². The second kappa shape index (κ2) is 6.45. The molecule has 3 aromatic rings. The van der Waals surface area contributed by atoms with Gasteiger partial charge in [0.2, 0.25) is 5.88 Å². The minimum Gasteiger partial charge on any atom is -0.487 e. The molecule has 1 N–H and O–H groups in total. The number of aliphatic hydroxyl groups is 1. The monoisotopic (exact) mass is 295 g/mol. The molecular weight excluding hydrogens is 278 g/mol. The van der Waals surface area contributed by atoms with E-state index in [0.29, 0.717) is 17.4 Å². The quantitative estimate of drug-likeness (QED) is 0.778. The highest BCUT2D eigenvalue weighted by Crippen LogP contribution is 2.31. The van der Waals surface area contributed by atoms with E-state index in [-0.39, 0.29) is 6.61 Å². The summed E-state index contributed by atoms with van der Waals surface area (Å²) in [7, 11) is 0. The highest BCUT2D eigenvalue weighted by atomic mass is 16.5. The molecular formula is C18H17NO3. The Bertz CT molecular complexity index is 771. The lowest BCUT2D eigenvalue weighted by Gasteiger charge is -2.13. The first-order chi connectivity index (χ1) is 10.7. The lowest BCUT2D eigenvalue weighted by molar-refractivity contribution is 0.121. The van der Waals surface area contributed by atoms with Crippen molar-refractivity contribution < 1.29 is 14.6 Å². The molecule has 0 saturated carbocycles. The van der Waals surface area contributed by atoms with Crippen LogP contribution in [0.25, 0.3) is 10.9 Å². The van der Waals surface area contributed by atoms with E-state index in [2.05, 4.69) is 4.98 Å². The van der Waals surface area contributed by atoms with E-state index >= 15 is 0 Å². The number of pyridine rings is 1. The Labute approximate surface area is 129 Å². The van der Waals surface area contributed by atoms with Crippen LogP contribution in [0.4, 0.5) is 0 Å². The summed E-state index contributed by atoms with van der Waals surface area (Å²) in [6, 6.07) is 19.0. The number of hydrogen-bond acceptors (Lipinski definition) is 4. The molecule has 0 fully saturated rings. The second-order valence-electron chi connectivity index (χ2n) is 5.05. The summed E-state index contributed by atoms with van der Waals surface area (Å²) in [6.45, 7) is 1.89. The van der Waals surface area contributed by atoms with Crippen LogP contribution in [0, 0.1) is 0 Å². The maximum Gasteiger partial charge on any atom is 0.219 e. The number of ether oxygens (including phenoxy) is 2. The van der Waals surface area contributed by atoms with Gasteiger partial charge in [-0.15, -0.1) is 0 Å². The van der Waals surface area contributed by atoms with Crippen LogP contribution >= 0.6 is 0 Å². The van der Waals surface area contributed by atoms with Crippen molar-refractivity contribution in [2.24, 2.45) is 0 Å². The Kier molecular flexibility index (Phi) is 4.21. The molecule has 4 heteroatoms. The van der Waals surface area contributed by atoms with Crippen LogP contribution in [0.5, 0.6) is 17.4 Å². The molecule has 2 aromatic carbocycles. The van der Waals surface area contributed by atoms with Gasteiger partial charge in [0.1, 0.15) is 6.61 Å². The molecule has 0 bridgehead atoms. The van der Waals surface area contributed by atoms with Gasteiger partial charge in [-0.1, -0.05) is 30.3 Å². The van der Waals surface area contributed by atoms with E-state index in [9.17, 15) is 5.11 Å². The molecule has 3 rings (SSSR count). The highest BCUT2D eigenvalue weighted by Gasteiger charge is 2.08. The van der Waals surface area contributed by atoms with Crippen molar-refractivity contribution >= 4 is 10.9 Å². The van der Waals surface area contributed by atoms with Crippen LogP contribution in [0.15, 0.2) is 60.7 Å². The van der Waals surface area contributed by atoms with Gasteiger partial charge in [-0.05, 0) is 31.2 Å². The van der Waals surface area contributed by atoms with Crippen LogP contribution < -0.4 is 9.47 Å². The zero-order valence-electron chi connectivity index (χ0n) is 12.3. The molecule has 22 heavy (non-hydrogen) atoms. The van der Waals surface area contributed by atoms with Crippen molar-refractivity contribution in [1.82, 2.24) is 4.98 Å². The topological polar surface area (TPSA) is 51.6 Å². The Hall–Kier alpha value is -2.59. The fourth-order valence-corrected chi connectivity index (χ4v) is 2.08. The van der Waals surface area contributed by atoms with E-state index in [0.717, 1.165) is 10.9 Å². The number of aliphatic hydroxyl groups excluding tert-OH is 1. The summed E-state index contributed by atoms with van der Waals surface area (Å²) < 4.78 is 11.4. The minimum atomic E-state index is -0.535. The molecule has 0 aliphatic carbocycles. The third-order valence-electron chi connectivity index (χ3n) is 3.12. The number of benzene rings is 2. The number of rotatable bonds is 5. The first-order valence-electron chi connectivity index (χ1n) is 7.16.